The van der Waals surface area contributed by atoms with Gasteiger partial charge in [-0.3, -0.25) is 14.1 Å². The van der Waals surface area contributed by atoms with Crippen molar-refractivity contribution in [2.24, 2.45) is 11.7 Å². The third-order valence-corrected chi connectivity index (χ3v) is 7.09. The molecule has 3 heterocycles. The maximum absolute atomic E-state index is 13.2. The Morgan fingerprint density at radius 1 is 1.12 bits per heavy atom. The van der Waals surface area contributed by atoms with E-state index >= 15 is 0 Å². The second-order valence-corrected chi connectivity index (χ2v) is 9.51. The van der Waals surface area contributed by atoms with Crippen molar-refractivity contribution < 1.29 is 4.79 Å². The number of nitrogens with zero attached hydrogens (tertiary/aromatic N) is 3. The van der Waals surface area contributed by atoms with Crippen LogP contribution >= 0.6 is 0 Å². The van der Waals surface area contributed by atoms with Crippen LogP contribution in [0, 0.1) is 5.92 Å². The van der Waals surface area contributed by atoms with Crippen LogP contribution in [0.2, 0.25) is 0 Å². The molecule has 6 heteroatoms. The first-order valence-electron chi connectivity index (χ1n) is 11.9. The minimum Gasteiger partial charge on any atom is -0.350 e. The molecule has 32 heavy (non-hydrogen) atoms. The molecule has 3 aromatic rings. The lowest BCUT2D eigenvalue weighted by Gasteiger charge is -2.30. The topological polar surface area (TPSA) is 75.7 Å². The normalized spacial score (nSPS) is 20.3. The molecular weight excluding hydrogens is 398 g/mol. The molecule has 168 valence electrons. The molecule has 5 rings (SSSR count). The quantitative estimate of drug-likeness (QED) is 0.572. The number of amides is 1. The largest absolute Gasteiger partial charge is 0.350 e. The van der Waals surface area contributed by atoms with Gasteiger partial charge in [-0.1, -0.05) is 55.7 Å². The summed E-state index contributed by atoms with van der Waals surface area (Å²) in [6.07, 6.45) is 8.14. The van der Waals surface area contributed by atoms with E-state index in [0.717, 1.165) is 49.7 Å². The third kappa shape index (κ3) is 4.71. The summed E-state index contributed by atoms with van der Waals surface area (Å²) in [4.78, 5) is 20.2. The Kier molecular flexibility index (Phi) is 6.23. The highest BCUT2D eigenvalue weighted by Crippen LogP contribution is 2.35. The first-order valence-corrected chi connectivity index (χ1v) is 11.9. The Morgan fingerprint density at radius 3 is 2.69 bits per heavy atom. The minimum atomic E-state index is -0.0442. The zero-order valence-corrected chi connectivity index (χ0v) is 18.6. The van der Waals surface area contributed by atoms with Gasteiger partial charge in [0.25, 0.3) is 5.91 Å². The van der Waals surface area contributed by atoms with Crippen LogP contribution in [0.1, 0.15) is 59.8 Å². The van der Waals surface area contributed by atoms with E-state index in [1.54, 1.807) is 0 Å². The number of fused-ring (bicyclic) bond motifs is 1. The van der Waals surface area contributed by atoms with Gasteiger partial charge in [0, 0.05) is 44.3 Å². The molecule has 2 aromatic heterocycles. The minimum absolute atomic E-state index is 0.0442. The lowest BCUT2D eigenvalue weighted by atomic mass is 9.77. The fourth-order valence-electron chi connectivity index (χ4n) is 5.06. The number of nitrogens with two attached hydrogens (primary N) is 1. The summed E-state index contributed by atoms with van der Waals surface area (Å²) in [6, 6.07) is 16.6. The van der Waals surface area contributed by atoms with Crippen molar-refractivity contribution in [2.75, 3.05) is 19.6 Å². The molecule has 1 aromatic carbocycles. The maximum atomic E-state index is 13.2. The summed E-state index contributed by atoms with van der Waals surface area (Å²) < 4.78 is 1.92. The number of likely N-dealkylation sites (tertiary alicyclic amines) is 1. The molecule has 1 aliphatic heterocycles. The number of rotatable bonds is 8. The highest BCUT2D eigenvalue weighted by molar-refractivity contribution is 5.93. The van der Waals surface area contributed by atoms with Crippen molar-refractivity contribution in [3.8, 4) is 0 Å². The monoisotopic (exact) mass is 431 g/mol. The summed E-state index contributed by atoms with van der Waals surface area (Å²) >= 11 is 0. The van der Waals surface area contributed by atoms with E-state index in [1.807, 2.05) is 28.8 Å². The number of aromatic nitrogens is 2. The van der Waals surface area contributed by atoms with Gasteiger partial charge in [-0.15, -0.1) is 0 Å². The second kappa shape index (κ2) is 9.43. The van der Waals surface area contributed by atoms with Gasteiger partial charge in [-0.25, -0.2) is 4.98 Å². The van der Waals surface area contributed by atoms with Crippen LogP contribution in [0.5, 0.6) is 0 Å². The molecule has 3 N–H and O–H groups in total. The molecule has 0 spiro atoms. The van der Waals surface area contributed by atoms with Crippen molar-refractivity contribution in [3.63, 3.8) is 0 Å². The van der Waals surface area contributed by atoms with Gasteiger partial charge in [0.1, 0.15) is 11.3 Å². The molecular formula is C26H33N5O. The number of carbonyl (C=O) groups excluding carboxylic acids is 1. The van der Waals surface area contributed by atoms with Crippen LogP contribution in [-0.4, -0.2) is 45.9 Å². The van der Waals surface area contributed by atoms with E-state index in [2.05, 4.69) is 40.5 Å². The first-order chi connectivity index (χ1) is 15.7. The Hall–Kier alpha value is -2.70. The molecule has 1 saturated heterocycles. The van der Waals surface area contributed by atoms with Crippen LogP contribution in [0.3, 0.4) is 0 Å². The molecule has 1 aliphatic carbocycles. The summed E-state index contributed by atoms with van der Waals surface area (Å²) in [6.45, 7) is 3.34. The number of hydrogen-bond donors (Lipinski definition) is 2. The lowest BCUT2D eigenvalue weighted by molar-refractivity contribution is 0.0942. The fraction of sp³-hybridized carbons (Fsp3) is 0.462. The third-order valence-electron chi connectivity index (χ3n) is 7.09. The number of imidazole rings is 1. The Bertz CT molecular complexity index is 1060. The van der Waals surface area contributed by atoms with Crippen LogP contribution in [0.4, 0.5) is 0 Å². The van der Waals surface area contributed by atoms with E-state index in [9.17, 15) is 4.79 Å². The number of carbonyl (C=O) groups is 1. The van der Waals surface area contributed by atoms with E-state index in [-0.39, 0.29) is 11.9 Å². The molecule has 2 fully saturated rings. The van der Waals surface area contributed by atoms with E-state index in [4.69, 9.17) is 10.7 Å². The zero-order chi connectivity index (χ0) is 21.9. The number of pyridine rings is 1. The van der Waals surface area contributed by atoms with Gasteiger partial charge in [0.05, 0.1) is 5.69 Å². The number of nitrogens with one attached hydrogen (secondary N) is 1. The average Bonchev–Trinajstić information content (AvgIpc) is 3.38. The van der Waals surface area contributed by atoms with Gasteiger partial charge in [-0.2, -0.15) is 0 Å². The Labute approximate surface area is 189 Å². The van der Waals surface area contributed by atoms with E-state index in [1.165, 1.54) is 24.8 Å². The molecule has 6 nitrogen and oxygen atoms in total. The second-order valence-electron chi connectivity index (χ2n) is 9.51. The molecule has 0 bridgehead atoms. The molecule has 1 unspecified atom stereocenters. The molecule has 2 aliphatic rings. The summed E-state index contributed by atoms with van der Waals surface area (Å²) in [5.41, 5.74) is 9.77. The smallest absolute Gasteiger partial charge is 0.268 e. The predicted octanol–water partition coefficient (Wildman–Crippen LogP) is 3.57. The lowest BCUT2D eigenvalue weighted by Crippen LogP contribution is -2.31. The fourth-order valence-corrected chi connectivity index (χ4v) is 5.06. The predicted molar refractivity (Wildman–Crippen MR) is 127 cm³/mol. The Balaban J connectivity index is 1.29. The summed E-state index contributed by atoms with van der Waals surface area (Å²) in [5.74, 6) is 1.09. The summed E-state index contributed by atoms with van der Waals surface area (Å²) in [7, 11) is 0. The van der Waals surface area contributed by atoms with Gasteiger partial charge >= 0.3 is 0 Å². The van der Waals surface area contributed by atoms with Crippen molar-refractivity contribution in [2.45, 2.75) is 50.6 Å². The van der Waals surface area contributed by atoms with Crippen molar-refractivity contribution >= 4 is 11.6 Å². The zero-order valence-electron chi connectivity index (χ0n) is 18.6. The molecule has 0 radical (unpaired) electrons. The molecule has 1 amide bonds. The van der Waals surface area contributed by atoms with E-state index < -0.39 is 0 Å². The van der Waals surface area contributed by atoms with Crippen LogP contribution in [0.25, 0.3) is 5.65 Å². The van der Waals surface area contributed by atoms with Crippen LogP contribution < -0.4 is 11.1 Å². The van der Waals surface area contributed by atoms with E-state index in [0.29, 0.717) is 18.2 Å². The van der Waals surface area contributed by atoms with Crippen molar-refractivity contribution in [3.05, 3.63) is 71.7 Å². The number of benzene rings is 1. The first kappa shape index (κ1) is 21.2. The average molecular weight is 432 g/mol. The number of hydrogen-bond acceptors (Lipinski definition) is 4. The highest BCUT2D eigenvalue weighted by Gasteiger charge is 2.24. The summed E-state index contributed by atoms with van der Waals surface area (Å²) in [5, 5.41) is 3.22. The standard InChI is InChI=1S/C26H33N5O/c27-22-12-13-30(16-22)17-23-18-31-24(10-5-11-25(31)29-23)26(32)28-15-21(14-19-6-4-7-19)20-8-2-1-3-9-20/h1-3,5,8-11,18-19,21-22H,4,6-7,12-17,27H2,(H,28,32)/t21?,22-/m1/s1. The van der Waals surface area contributed by atoms with Gasteiger partial charge in [0.15, 0.2) is 0 Å². The van der Waals surface area contributed by atoms with Gasteiger partial charge in [-0.05, 0) is 36.5 Å². The van der Waals surface area contributed by atoms with Crippen molar-refractivity contribution in [1.82, 2.24) is 19.6 Å². The SMILES string of the molecule is N[C@@H]1CCN(Cc2cn3c(C(=O)NCC(CC4CCC4)c4ccccc4)cccc3n2)C1. The van der Waals surface area contributed by atoms with Gasteiger partial charge in [0.2, 0.25) is 0 Å². The van der Waals surface area contributed by atoms with Crippen LogP contribution in [-0.2, 0) is 6.54 Å². The Morgan fingerprint density at radius 2 is 1.97 bits per heavy atom. The molecule has 1 saturated carbocycles. The maximum Gasteiger partial charge on any atom is 0.268 e. The van der Waals surface area contributed by atoms with Crippen molar-refractivity contribution in [1.29, 1.82) is 0 Å². The highest BCUT2D eigenvalue weighted by atomic mass is 16.1. The van der Waals surface area contributed by atoms with Gasteiger partial charge < -0.3 is 11.1 Å². The molecule has 2 atom stereocenters. The van der Waals surface area contributed by atoms with Crippen LogP contribution in [0.15, 0.2) is 54.7 Å².